The van der Waals surface area contributed by atoms with Crippen LogP contribution in [0.4, 0.5) is 13.2 Å². The first-order valence-corrected chi connectivity index (χ1v) is 7.50. The van der Waals surface area contributed by atoms with Gasteiger partial charge in [-0.25, -0.2) is 0 Å². The van der Waals surface area contributed by atoms with Gasteiger partial charge in [-0.3, -0.25) is 4.79 Å². The lowest BCUT2D eigenvalue weighted by atomic mass is 9.87. The van der Waals surface area contributed by atoms with Gasteiger partial charge in [-0.05, 0) is 37.4 Å². The molecular weight excluding hydrogens is 309 g/mol. The molecule has 0 bridgehead atoms. The molecule has 1 saturated heterocycles. The highest BCUT2D eigenvalue weighted by molar-refractivity contribution is 5.26. The Bertz CT molecular complexity index is 720. The Morgan fingerprint density at radius 1 is 1.26 bits per heavy atom. The lowest BCUT2D eigenvalue weighted by molar-refractivity contribution is -0.137. The molecule has 2 N–H and O–H groups in total. The second-order valence-corrected chi connectivity index (χ2v) is 5.89. The number of halogens is 3. The molecule has 0 spiro atoms. The highest BCUT2D eigenvalue weighted by Crippen LogP contribution is 2.31. The van der Waals surface area contributed by atoms with Crippen LogP contribution in [0.5, 0.6) is 0 Å². The minimum atomic E-state index is -4.33. The Hall–Kier alpha value is -2.02. The van der Waals surface area contributed by atoms with Crippen molar-refractivity contribution in [3.63, 3.8) is 0 Å². The molecule has 0 aliphatic carbocycles. The van der Waals surface area contributed by atoms with Crippen molar-refractivity contribution < 1.29 is 17.7 Å². The van der Waals surface area contributed by atoms with Crippen molar-refractivity contribution in [3.05, 3.63) is 57.6 Å². The van der Waals surface area contributed by atoms with Gasteiger partial charge in [-0.2, -0.15) is 18.3 Å². The van der Waals surface area contributed by atoms with Crippen molar-refractivity contribution in [2.75, 3.05) is 6.54 Å². The molecule has 0 amide bonds. The number of aromatic nitrogens is 1. The minimum absolute atomic E-state index is 0.0532. The van der Waals surface area contributed by atoms with Crippen molar-refractivity contribution in [1.82, 2.24) is 10.5 Å². The van der Waals surface area contributed by atoms with Gasteiger partial charge in [0.2, 0.25) is 0 Å². The van der Waals surface area contributed by atoms with Gasteiger partial charge in [0, 0.05) is 18.0 Å². The molecule has 2 aromatic rings. The SMILES string of the molecule is O=c1cc([C@@H]2CCN[C@H](Cc3cccc(C(F)(F)F)c3)C2)o[nH]1. The minimum Gasteiger partial charge on any atom is -0.383 e. The summed E-state index contributed by atoms with van der Waals surface area (Å²) in [6.45, 7) is 0.739. The first-order valence-electron chi connectivity index (χ1n) is 7.50. The summed E-state index contributed by atoms with van der Waals surface area (Å²) in [5, 5.41) is 5.60. The number of piperidine rings is 1. The summed E-state index contributed by atoms with van der Waals surface area (Å²) in [6, 6.07) is 6.91. The molecular formula is C16H17F3N2O2. The van der Waals surface area contributed by atoms with Crippen molar-refractivity contribution >= 4 is 0 Å². The normalized spacial score (nSPS) is 22.2. The molecule has 0 unspecified atom stereocenters. The summed E-state index contributed by atoms with van der Waals surface area (Å²) in [7, 11) is 0. The molecule has 3 rings (SSSR count). The van der Waals surface area contributed by atoms with E-state index in [0.29, 0.717) is 17.7 Å². The number of nitrogens with one attached hydrogen (secondary N) is 2. The summed E-state index contributed by atoms with van der Waals surface area (Å²) in [4.78, 5) is 11.2. The van der Waals surface area contributed by atoms with E-state index in [1.807, 2.05) is 0 Å². The fraction of sp³-hybridized carbons (Fsp3) is 0.438. The average Bonchev–Trinajstić information content (AvgIpc) is 2.94. The largest absolute Gasteiger partial charge is 0.416 e. The number of H-pyrrole nitrogens is 1. The molecule has 124 valence electrons. The lowest BCUT2D eigenvalue weighted by Gasteiger charge is -2.29. The van der Waals surface area contributed by atoms with Crippen molar-refractivity contribution in [2.24, 2.45) is 0 Å². The molecule has 1 aliphatic rings. The number of hydrogen-bond donors (Lipinski definition) is 2. The van der Waals surface area contributed by atoms with Gasteiger partial charge in [-0.1, -0.05) is 18.2 Å². The predicted molar refractivity (Wildman–Crippen MR) is 78.2 cm³/mol. The second-order valence-electron chi connectivity index (χ2n) is 5.89. The van der Waals surface area contributed by atoms with Crippen molar-refractivity contribution in [1.29, 1.82) is 0 Å². The average molecular weight is 326 g/mol. The third-order valence-electron chi connectivity index (χ3n) is 4.18. The maximum atomic E-state index is 12.8. The fourth-order valence-electron chi connectivity index (χ4n) is 3.08. The lowest BCUT2D eigenvalue weighted by Crippen LogP contribution is -2.38. The van der Waals surface area contributed by atoms with Crippen LogP contribution in [0.2, 0.25) is 0 Å². The zero-order chi connectivity index (χ0) is 16.4. The summed E-state index contributed by atoms with van der Waals surface area (Å²) < 4.78 is 43.5. The molecule has 1 fully saturated rings. The van der Waals surface area contributed by atoms with Gasteiger partial charge >= 0.3 is 6.18 Å². The summed E-state index contributed by atoms with van der Waals surface area (Å²) in [5.41, 5.74) is -0.250. The predicted octanol–water partition coefficient (Wildman–Crippen LogP) is 3.07. The number of alkyl halides is 3. The fourth-order valence-corrected chi connectivity index (χ4v) is 3.08. The Kier molecular flexibility index (Phi) is 4.30. The maximum Gasteiger partial charge on any atom is 0.416 e. The van der Waals surface area contributed by atoms with E-state index in [9.17, 15) is 18.0 Å². The Morgan fingerprint density at radius 3 is 2.78 bits per heavy atom. The first-order chi connectivity index (χ1) is 10.9. The van der Waals surface area contributed by atoms with Crippen LogP contribution in [0.25, 0.3) is 0 Å². The summed E-state index contributed by atoms with van der Waals surface area (Å²) in [6.07, 6.45) is -2.26. The van der Waals surface area contributed by atoms with E-state index in [1.165, 1.54) is 18.2 Å². The highest BCUT2D eigenvalue weighted by Gasteiger charge is 2.31. The first kappa shape index (κ1) is 15.9. The standard InChI is InChI=1S/C16H17F3N2O2/c17-16(18,19)12-3-1-2-10(6-12)7-13-8-11(4-5-20-13)14-9-15(22)21-23-14/h1-3,6,9,11,13,20H,4-5,7-8H2,(H,21,22)/t11-,13-/m1/s1. The number of benzene rings is 1. The zero-order valence-electron chi connectivity index (χ0n) is 12.3. The molecule has 1 aromatic carbocycles. The maximum absolute atomic E-state index is 12.8. The van der Waals surface area contributed by atoms with Crippen LogP contribution in [-0.4, -0.2) is 17.7 Å². The monoisotopic (exact) mass is 326 g/mol. The Balaban J connectivity index is 1.69. The van der Waals surface area contributed by atoms with Crippen LogP contribution in [0.1, 0.15) is 35.6 Å². The molecule has 1 aromatic heterocycles. The van der Waals surface area contributed by atoms with Crippen LogP contribution in [0.15, 0.2) is 39.6 Å². The summed E-state index contributed by atoms with van der Waals surface area (Å²) in [5.74, 6) is 0.719. The van der Waals surface area contributed by atoms with E-state index in [-0.39, 0.29) is 17.5 Å². The summed E-state index contributed by atoms with van der Waals surface area (Å²) >= 11 is 0. The number of aromatic amines is 1. The van der Waals surface area contributed by atoms with E-state index < -0.39 is 11.7 Å². The molecule has 0 radical (unpaired) electrons. The Labute approximate surface area is 130 Å². The quantitative estimate of drug-likeness (QED) is 0.911. The van der Waals surface area contributed by atoms with Crippen LogP contribution in [-0.2, 0) is 12.6 Å². The molecule has 1 aliphatic heterocycles. The van der Waals surface area contributed by atoms with Crippen LogP contribution in [0.3, 0.4) is 0 Å². The molecule has 4 nitrogen and oxygen atoms in total. The van der Waals surface area contributed by atoms with E-state index >= 15 is 0 Å². The van der Waals surface area contributed by atoms with Crippen LogP contribution in [0, 0.1) is 0 Å². The molecule has 2 atom stereocenters. The highest BCUT2D eigenvalue weighted by atomic mass is 19.4. The van der Waals surface area contributed by atoms with E-state index in [0.717, 1.165) is 25.5 Å². The third-order valence-corrected chi connectivity index (χ3v) is 4.18. The molecule has 2 heterocycles. The topological polar surface area (TPSA) is 58.0 Å². The van der Waals surface area contributed by atoms with Crippen molar-refractivity contribution in [2.45, 2.75) is 37.4 Å². The van der Waals surface area contributed by atoms with Crippen LogP contribution >= 0.6 is 0 Å². The van der Waals surface area contributed by atoms with Gasteiger partial charge in [0.25, 0.3) is 5.56 Å². The zero-order valence-corrected chi connectivity index (χ0v) is 12.3. The molecule has 23 heavy (non-hydrogen) atoms. The third kappa shape index (κ3) is 3.85. The van der Waals surface area contributed by atoms with Gasteiger partial charge in [0.1, 0.15) is 5.76 Å². The van der Waals surface area contributed by atoms with Crippen molar-refractivity contribution in [3.8, 4) is 0 Å². The van der Waals surface area contributed by atoms with E-state index in [4.69, 9.17) is 4.52 Å². The molecule has 0 saturated carbocycles. The van der Waals surface area contributed by atoms with Gasteiger partial charge < -0.3 is 9.84 Å². The van der Waals surface area contributed by atoms with E-state index in [2.05, 4.69) is 10.5 Å². The Morgan fingerprint density at radius 2 is 2.09 bits per heavy atom. The van der Waals surface area contributed by atoms with Crippen LogP contribution < -0.4 is 10.9 Å². The second kappa shape index (κ2) is 6.23. The van der Waals surface area contributed by atoms with Gasteiger partial charge in [0.05, 0.1) is 5.56 Å². The molecule has 7 heteroatoms. The van der Waals surface area contributed by atoms with Gasteiger partial charge in [-0.15, -0.1) is 0 Å². The smallest absolute Gasteiger partial charge is 0.383 e. The number of rotatable bonds is 3. The van der Waals surface area contributed by atoms with Gasteiger partial charge in [0.15, 0.2) is 0 Å². The van der Waals surface area contributed by atoms with E-state index in [1.54, 1.807) is 6.07 Å². The number of hydrogen-bond acceptors (Lipinski definition) is 3.